The molecule has 3 nitrogen and oxygen atoms in total. The van der Waals surface area contributed by atoms with Gasteiger partial charge in [0, 0.05) is 0 Å². The van der Waals surface area contributed by atoms with E-state index in [1.165, 1.54) is 12.1 Å². The average Bonchev–Trinajstić information content (AvgIpc) is 2.40. The van der Waals surface area contributed by atoms with E-state index in [1.54, 1.807) is 12.1 Å². The number of amides is 1. The fraction of sp³-hybridized carbons (Fsp3) is 0.533. The molecule has 0 aromatic heterocycles. The summed E-state index contributed by atoms with van der Waals surface area (Å²) in [4.78, 5) is 11.8. The van der Waals surface area contributed by atoms with E-state index >= 15 is 0 Å². The predicted octanol–water partition coefficient (Wildman–Crippen LogP) is 3.56. The molecule has 21 heavy (non-hydrogen) atoms. The largest absolute Gasteiger partial charge is 0.573 e. The lowest BCUT2D eigenvalue weighted by atomic mass is 9.70. The van der Waals surface area contributed by atoms with Crippen LogP contribution in [-0.4, -0.2) is 12.3 Å². The van der Waals surface area contributed by atoms with Crippen molar-refractivity contribution >= 4 is 5.91 Å². The Kier molecular flexibility index (Phi) is 4.44. The van der Waals surface area contributed by atoms with E-state index in [0.29, 0.717) is 18.4 Å². The van der Waals surface area contributed by atoms with Gasteiger partial charge in [0.2, 0.25) is 5.91 Å². The van der Waals surface area contributed by atoms with Gasteiger partial charge in [-0.3, -0.25) is 4.79 Å². The number of hydrogen-bond donors (Lipinski definition) is 1. The van der Waals surface area contributed by atoms with Crippen LogP contribution in [0.3, 0.4) is 0 Å². The van der Waals surface area contributed by atoms with Gasteiger partial charge in [-0.15, -0.1) is 13.2 Å². The molecule has 2 rings (SSSR count). The second-order valence-corrected chi connectivity index (χ2v) is 5.54. The average molecular weight is 301 g/mol. The van der Waals surface area contributed by atoms with E-state index in [1.807, 2.05) is 0 Å². The van der Waals surface area contributed by atoms with Crippen molar-refractivity contribution in [3.63, 3.8) is 0 Å². The highest BCUT2D eigenvalue weighted by Gasteiger charge is 2.39. The minimum absolute atomic E-state index is 0.189. The molecule has 1 aliphatic carbocycles. The van der Waals surface area contributed by atoms with E-state index < -0.39 is 17.7 Å². The molecule has 116 valence electrons. The van der Waals surface area contributed by atoms with Crippen LogP contribution >= 0.6 is 0 Å². The summed E-state index contributed by atoms with van der Waals surface area (Å²) in [6.45, 7) is 0. The fourth-order valence-electron chi connectivity index (χ4n) is 2.98. The van der Waals surface area contributed by atoms with Gasteiger partial charge >= 0.3 is 6.36 Å². The van der Waals surface area contributed by atoms with Crippen LogP contribution < -0.4 is 10.5 Å². The van der Waals surface area contributed by atoms with Crippen LogP contribution in [0.1, 0.15) is 37.7 Å². The van der Waals surface area contributed by atoms with E-state index in [-0.39, 0.29) is 12.2 Å². The quantitative estimate of drug-likeness (QED) is 0.924. The van der Waals surface area contributed by atoms with Crippen LogP contribution in [0.5, 0.6) is 5.75 Å². The zero-order valence-corrected chi connectivity index (χ0v) is 11.6. The topological polar surface area (TPSA) is 52.3 Å². The Morgan fingerprint density at radius 2 is 1.81 bits per heavy atom. The Labute approximate surface area is 121 Å². The first-order valence-corrected chi connectivity index (χ1v) is 6.96. The van der Waals surface area contributed by atoms with Crippen molar-refractivity contribution < 1.29 is 22.7 Å². The molecule has 0 spiro atoms. The lowest BCUT2D eigenvalue weighted by Gasteiger charge is -2.34. The molecule has 0 heterocycles. The minimum Gasteiger partial charge on any atom is -0.406 e. The van der Waals surface area contributed by atoms with Crippen LogP contribution in [-0.2, 0) is 11.2 Å². The lowest BCUT2D eigenvalue weighted by molar-refractivity contribution is -0.275. The summed E-state index contributed by atoms with van der Waals surface area (Å²) in [5, 5.41) is 0. The van der Waals surface area contributed by atoms with Crippen molar-refractivity contribution in [1.29, 1.82) is 0 Å². The molecular formula is C15H18F3NO2. The summed E-state index contributed by atoms with van der Waals surface area (Å²) in [6.07, 6.45) is -0.575. The number of para-hydroxylation sites is 1. The molecule has 2 N–H and O–H groups in total. The normalized spacial score (nSPS) is 18.2. The first kappa shape index (κ1) is 15.7. The highest BCUT2D eigenvalue weighted by molar-refractivity contribution is 5.81. The van der Waals surface area contributed by atoms with Crippen LogP contribution in [0.15, 0.2) is 24.3 Å². The number of benzene rings is 1. The number of primary amides is 1. The monoisotopic (exact) mass is 301 g/mol. The van der Waals surface area contributed by atoms with Gasteiger partial charge in [-0.25, -0.2) is 0 Å². The smallest absolute Gasteiger partial charge is 0.406 e. The van der Waals surface area contributed by atoms with Gasteiger partial charge < -0.3 is 10.5 Å². The number of alkyl halides is 3. The highest BCUT2D eigenvalue weighted by atomic mass is 19.4. The van der Waals surface area contributed by atoms with Crippen molar-refractivity contribution in [1.82, 2.24) is 0 Å². The summed E-state index contributed by atoms with van der Waals surface area (Å²) in [7, 11) is 0. The molecule has 0 aliphatic heterocycles. The van der Waals surface area contributed by atoms with Crippen molar-refractivity contribution in [3.8, 4) is 5.75 Å². The molecule has 1 aromatic carbocycles. The molecular weight excluding hydrogens is 283 g/mol. The molecule has 0 saturated heterocycles. The summed E-state index contributed by atoms with van der Waals surface area (Å²) >= 11 is 0. The maximum atomic E-state index is 12.4. The Morgan fingerprint density at radius 3 is 2.38 bits per heavy atom. The standard InChI is InChI=1S/C15H18F3NO2/c16-15(17,18)21-12-7-3-2-6-11(12)10-14(13(19)20)8-4-1-5-9-14/h2-3,6-7H,1,4-5,8-10H2,(H2,19,20). The van der Waals surface area contributed by atoms with Crippen molar-refractivity contribution in [3.05, 3.63) is 29.8 Å². The number of ether oxygens (including phenoxy) is 1. The minimum atomic E-state index is -4.75. The van der Waals surface area contributed by atoms with Crippen LogP contribution in [0.4, 0.5) is 13.2 Å². The third kappa shape index (κ3) is 3.89. The number of carbonyl (C=O) groups excluding carboxylic acids is 1. The van der Waals surface area contributed by atoms with E-state index in [4.69, 9.17) is 5.73 Å². The Bertz CT molecular complexity index is 508. The lowest BCUT2D eigenvalue weighted by Crippen LogP contribution is -2.40. The number of rotatable bonds is 4. The molecule has 0 radical (unpaired) electrons. The zero-order valence-electron chi connectivity index (χ0n) is 11.6. The SMILES string of the molecule is NC(=O)C1(Cc2ccccc2OC(F)(F)F)CCCCC1. The second-order valence-electron chi connectivity index (χ2n) is 5.54. The van der Waals surface area contributed by atoms with Gasteiger partial charge in [-0.05, 0) is 30.9 Å². The van der Waals surface area contributed by atoms with E-state index in [2.05, 4.69) is 4.74 Å². The highest BCUT2D eigenvalue weighted by Crippen LogP contribution is 2.41. The van der Waals surface area contributed by atoms with Gasteiger partial charge in [0.15, 0.2) is 0 Å². The van der Waals surface area contributed by atoms with Gasteiger partial charge in [0.25, 0.3) is 0 Å². The molecule has 1 fully saturated rings. The first-order valence-electron chi connectivity index (χ1n) is 6.96. The summed E-state index contributed by atoms with van der Waals surface area (Å²) in [6, 6.07) is 5.93. The predicted molar refractivity (Wildman–Crippen MR) is 71.5 cm³/mol. The molecule has 6 heteroatoms. The molecule has 1 amide bonds. The van der Waals surface area contributed by atoms with Crippen LogP contribution in [0.25, 0.3) is 0 Å². The first-order chi connectivity index (χ1) is 9.82. The molecule has 1 saturated carbocycles. The third-order valence-corrected chi connectivity index (χ3v) is 4.06. The molecule has 0 atom stereocenters. The van der Waals surface area contributed by atoms with Crippen molar-refractivity contribution in [2.45, 2.75) is 44.9 Å². The zero-order chi connectivity index (χ0) is 15.5. The third-order valence-electron chi connectivity index (χ3n) is 4.06. The second kappa shape index (κ2) is 5.95. The summed E-state index contributed by atoms with van der Waals surface area (Å²) in [5.74, 6) is -0.694. The van der Waals surface area contributed by atoms with Gasteiger partial charge in [0.1, 0.15) is 5.75 Å². The summed E-state index contributed by atoms with van der Waals surface area (Å²) < 4.78 is 41.4. The maximum Gasteiger partial charge on any atom is 0.573 e. The number of halogens is 3. The Morgan fingerprint density at radius 1 is 1.19 bits per heavy atom. The van der Waals surface area contributed by atoms with Gasteiger partial charge in [-0.2, -0.15) is 0 Å². The van der Waals surface area contributed by atoms with Gasteiger partial charge in [-0.1, -0.05) is 37.5 Å². The van der Waals surface area contributed by atoms with Crippen LogP contribution in [0, 0.1) is 5.41 Å². The van der Waals surface area contributed by atoms with Crippen LogP contribution in [0.2, 0.25) is 0 Å². The fourth-order valence-corrected chi connectivity index (χ4v) is 2.98. The Hall–Kier alpha value is -1.72. The maximum absolute atomic E-state index is 12.4. The van der Waals surface area contributed by atoms with E-state index in [0.717, 1.165) is 19.3 Å². The molecule has 0 bridgehead atoms. The van der Waals surface area contributed by atoms with Crippen molar-refractivity contribution in [2.75, 3.05) is 0 Å². The molecule has 0 unspecified atom stereocenters. The molecule has 1 aliphatic rings. The summed E-state index contributed by atoms with van der Waals surface area (Å²) in [5.41, 5.74) is 5.14. The van der Waals surface area contributed by atoms with E-state index in [9.17, 15) is 18.0 Å². The van der Waals surface area contributed by atoms with Gasteiger partial charge in [0.05, 0.1) is 5.41 Å². The number of carbonyl (C=O) groups is 1. The van der Waals surface area contributed by atoms with Crippen molar-refractivity contribution in [2.24, 2.45) is 11.1 Å². The number of nitrogens with two attached hydrogens (primary N) is 1. The molecule has 1 aromatic rings. The number of hydrogen-bond acceptors (Lipinski definition) is 2. The Balaban J connectivity index is 2.27.